The standard InChI is InChI=1S/C18H18BrNO/c19-17-3-1-2-14(12-17)13-21-18-6-4-15(5-7-18)16-8-10-20-11-9-16/h1-8,12,20H,9-11,13H2. The highest BCUT2D eigenvalue weighted by Crippen LogP contribution is 2.23. The zero-order chi connectivity index (χ0) is 14.5. The zero-order valence-corrected chi connectivity index (χ0v) is 13.4. The molecule has 0 unspecified atom stereocenters. The van der Waals surface area contributed by atoms with Gasteiger partial charge in [-0.3, -0.25) is 0 Å². The summed E-state index contributed by atoms with van der Waals surface area (Å²) in [6.45, 7) is 2.62. The maximum atomic E-state index is 5.84. The second-order valence-corrected chi connectivity index (χ2v) is 6.04. The van der Waals surface area contributed by atoms with Gasteiger partial charge in [0.25, 0.3) is 0 Å². The topological polar surface area (TPSA) is 21.3 Å². The predicted molar refractivity (Wildman–Crippen MR) is 90.4 cm³/mol. The fourth-order valence-corrected chi connectivity index (χ4v) is 2.89. The molecule has 1 N–H and O–H groups in total. The fraction of sp³-hybridized carbons (Fsp3) is 0.222. The van der Waals surface area contributed by atoms with Crippen LogP contribution in [0, 0.1) is 0 Å². The summed E-state index contributed by atoms with van der Waals surface area (Å²) >= 11 is 3.48. The SMILES string of the molecule is Brc1cccc(COc2ccc(C3=CCNCC3)cc2)c1. The summed E-state index contributed by atoms with van der Waals surface area (Å²) in [6.07, 6.45) is 3.36. The van der Waals surface area contributed by atoms with Crippen LogP contribution >= 0.6 is 15.9 Å². The van der Waals surface area contributed by atoms with Crippen molar-refractivity contribution >= 4 is 21.5 Å². The molecule has 0 radical (unpaired) electrons. The Bertz CT molecular complexity index is 634. The van der Waals surface area contributed by atoms with Crippen LogP contribution in [0.25, 0.3) is 5.57 Å². The number of rotatable bonds is 4. The summed E-state index contributed by atoms with van der Waals surface area (Å²) < 4.78 is 6.92. The molecule has 21 heavy (non-hydrogen) atoms. The lowest BCUT2D eigenvalue weighted by Gasteiger charge is -2.14. The Balaban J connectivity index is 1.63. The van der Waals surface area contributed by atoms with Crippen LogP contribution in [0.4, 0.5) is 0 Å². The Kier molecular flexibility index (Phi) is 4.73. The van der Waals surface area contributed by atoms with Crippen molar-refractivity contribution in [2.75, 3.05) is 13.1 Å². The molecule has 0 aromatic heterocycles. The molecular weight excluding hydrogens is 326 g/mol. The van der Waals surface area contributed by atoms with E-state index >= 15 is 0 Å². The highest BCUT2D eigenvalue weighted by Gasteiger charge is 2.05. The molecule has 0 saturated heterocycles. The van der Waals surface area contributed by atoms with Gasteiger partial charge >= 0.3 is 0 Å². The number of ether oxygens (including phenoxy) is 1. The quantitative estimate of drug-likeness (QED) is 0.887. The van der Waals surface area contributed by atoms with Crippen LogP contribution < -0.4 is 10.1 Å². The monoisotopic (exact) mass is 343 g/mol. The van der Waals surface area contributed by atoms with Crippen LogP contribution in [0.2, 0.25) is 0 Å². The molecule has 2 nitrogen and oxygen atoms in total. The lowest BCUT2D eigenvalue weighted by atomic mass is 10.0. The van der Waals surface area contributed by atoms with Gasteiger partial charge in [-0.05, 0) is 53.9 Å². The lowest BCUT2D eigenvalue weighted by molar-refractivity contribution is 0.306. The average molecular weight is 344 g/mol. The van der Waals surface area contributed by atoms with Crippen molar-refractivity contribution in [3.8, 4) is 5.75 Å². The highest BCUT2D eigenvalue weighted by atomic mass is 79.9. The molecule has 0 saturated carbocycles. The summed E-state index contributed by atoms with van der Waals surface area (Å²) in [4.78, 5) is 0. The molecular formula is C18H18BrNO. The lowest BCUT2D eigenvalue weighted by Crippen LogP contribution is -2.19. The molecule has 0 fully saturated rings. The van der Waals surface area contributed by atoms with Crippen LogP contribution in [-0.4, -0.2) is 13.1 Å². The molecule has 0 atom stereocenters. The third-order valence-corrected chi connectivity index (χ3v) is 4.08. The normalized spacial score (nSPS) is 14.6. The minimum Gasteiger partial charge on any atom is -0.489 e. The van der Waals surface area contributed by atoms with Crippen molar-refractivity contribution in [1.82, 2.24) is 5.32 Å². The van der Waals surface area contributed by atoms with Crippen molar-refractivity contribution in [2.45, 2.75) is 13.0 Å². The van der Waals surface area contributed by atoms with Gasteiger partial charge in [0, 0.05) is 11.0 Å². The number of nitrogens with one attached hydrogen (secondary N) is 1. The van der Waals surface area contributed by atoms with Gasteiger partial charge in [0.1, 0.15) is 12.4 Å². The van der Waals surface area contributed by atoms with E-state index in [1.807, 2.05) is 12.1 Å². The first-order chi connectivity index (χ1) is 10.3. The van der Waals surface area contributed by atoms with E-state index in [0.717, 1.165) is 35.3 Å². The maximum absolute atomic E-state index is 5.84. The van der Waals surface area contributed by atoms with Gasteiger partial charge in [0.2, 0.25) is 0 Å². The molecule has 0 spiro atoms. The Morgan fingerprint density at radius 2 is 1.95 bits per heavy atom. The Morgan fingerprint density at radius 1 is 1.10 bits per heavy atom. The van der Waals surface area contributed by atoms with Crippen molar-refractivity contribution in [3.63, 3.8) is 0 Å². The fourth-order valence-electron chi connectivity index (χ4n) is 2.44. The molecule has 1 heterocycles. The summed E-state index contributed by atoms with van der Waals surface area (Å²) in [5.41, 5.74) is 3.88. The van der Waals surface area contributed by atoms with Crippen molar-refractivity contribution in [2.24, 2.45) is 0 Å². The Morgan fingerprint density at radius 3 is 2.67 bits per heavy atom. The molecule has 3 rings (SSSR count). The molecule has 2 aromatic carbocycles. The molecule has 3 heteroatoms. The van der Waals surface area contributed by atoms with Gasteiger partial charge in [-0.1, -0.05) is 46.3 Å². The van der Waals surface area contributed by atoms with Crippen molar-refractivity contribution in [3.05, 3.63) is 70.2 Å². The maximum Gasteiger partial charge on any atom is 0.119 e. The van der Waals surface area contributed by atoms with E-state index in [1.165, 1.54) is 11.1 Å². The van der Waals surface area contributed by atoms with Gasteiger partial charge in [0.05, 0.1) is 0 Å². The van der Waals surface area contributed by atoms with Crippen LogP contribution in [0.1, 0.15) is 17.5 Å². The van der Waals surface area contributed by atoms with Gasteiger partial charge < -0.3 is 10.1 Å². The van der Waals surface area contributed by atoms with Crippen LogP contribution in [0.5, 0.6) is 5.75 Å². The summed E-state index contributed by atoms with van der Waals surface area (Å²) in [5, 5.41) is 3.33. The average Bonchev–Trinajstić information content (AvgIpc) is 2.54. The molecule has 0 amide bonds. The van der Waals surface area contributed by atoms with Crippen molar-refractivity contribution < 1.29 is 4.74 Å². The van der Waals surface area contributed by atoms with Crippen LogP contribution in [0.15, 0.2) is 59.1 Å². The zero-order valence-electron chi connectivity index (χ0n) is 11.8. The number of halogens is 1. The molecule has 0 aliphatic carbocycles. The predicted octanol–water partition coefficient (Wildman–Crippen LogP) is 4.40. The first kappa shape index (κ1) is 14.4. The second kappa shape index (κ2) is 6.92. The van der Waals surface area contributed by atoms with E-state index in [4.69, 9.17) is 4.74 Å². The molecule has 108 valence electrons. The first-order valence-corrected chi connectivity index (χ1v) is 7.98. The third-order valence-electron chi connectivity index (χ3n) is 3.58. The van der Waals surface area contributed by atoms with E-state index in [1.54, 1.807) is 0 Å². The van der Waals surface area contributed by atoms with Crippen LogP contribution in [-0.2, 0) is 6.61 Å². The van der Waals surface area contributed by atoms with E-state index in [9.17, 15) is 0 Å². The molecule has 1 aliphatic heterocycles. The van der Waals surface area contributed by atoms with Gasteiger partial charge in [-0.25, -0.2) is 0 Å². The Labute approximate surface area is 134 Å². The molecule has 2 aromatic rings. The van der Waals surface area contributed by atoms with E-state index in [2.05, 4.69) is 63.7 Å². The molecule has 1 aliphatic rings. The van der Waals surface area contributed by atoms with Gasteiger partial charge in [0.15, 0.2) is 0 Å². The van der Waals surface area contributed by atoms with E-state index in [-0.39, 0.29) is 0 Å². The highest BCUT2D eigenvalue weighted by molar-refractivity contribution is 9.10. The van der Waals surface area contributed by atoms with Gasteiger partial charge in [-0.15, -0.1) is 0 Å². The molecule has 0 bridgehead atoms. The smallest absolute Gasteiger partial charge is 0.119 e. The largest absolute Gasteiger partial charge is 0.489 e. The second-order valence-electron chi connectivity index (χ2n) is 5.13. The van der Waals surface area contributed by atoms with Crippen LogP contribution in [0.3, 0.4) is 0 Å². The summed E-state index contributed by atoms with van der Waals surface area (Å²) in [6, 6.07) is 16.6. The first-order valence-electron chi connectivity index (χ1n) is 7.19. The van der Waals surface area contributed by atoms with E-state index in [0.29, 0.717) is 6.61 Å². The third kappa shape index (κ3) is 3.96. The number of benzene rings is 2. The number of hydrogen-bond acceptors (Lipinski definition) is 2. The van der Waals surface area contributed by atoms with Gasteiger partial charge in [-0.2, -0.15) is 0 Å². The van der Waals surface area contributed by atoms with E-state index < -0.39 is 0 Å². The number of hydrogen-bond donors (Lipinski definition) is 1. The summed E-state index contributed by atoms with van der Waals surface area (Å²) in [5.74, 6) is 0.910. The van der Waals surface area contributed by atoms with Crippen molar-refractivity contribution in [1.29, 1.82) is 0 Å². The minimum absolute atomic E-state index is 0.589. The minimum atomic E-state index is 0.589. The summed E-state index contributed by atoms with van der Waals surface area (Å²) in [7, 11) is 0. The Hall–Kier alpha value is -1.58.